The molecule has 0 aromatic carbocycles. The Labute approximate surface area is 221 Å². The van der Waals surface area contributed by atoms with Gasteiger partial charge in [0.25, 0.3) is 0 Å². The van der Waals surface area contributed by atoms with Crippen LogP contribution in [0.2, 0.25) is 0 Å². The second kappa shape index (κ2) is 10.4. The van der Waals surface area contributed by atoms with Gasteiger partial charge in [-0.05, 0) is 57.9 Å². The molecule has 3 heterocycles. The highest BCUT2D eigenvalue weighted by atomic mass is 32.1. The molecule has 2 fully saturated rings. The van der Waals surface area contributed by atoms with Gasteiger partial charge in [0, 0.05) is 18.7 Å². The summed E-state index contributed by atoms with van der Waals surface area (Å²) in [5, 5.41) is 40.6. The number of aliphatic hydroxyl groups is 3. The second-order valence-corrected chi connectivity index (χ2v) is 11.7. The third kappa shape index (κ3) is 4.92. The number of fused-ring (bicyclic) bond motifs is 1. The van der Waals surface area contributed by atoms with Crippen molar-refractivity contribution >= 4 is 33.3 Å². The zero-order valence-electron chi connectivity index (χ0n) is 22.0. The van der Waals surface area contributed by atoms with Gasteiger partial charge in [-0.25, -0.2) is 9.97 Å². The van der Waals surface area contributed by atoms with E-state index in [0.717, 1.165) is 38.7 Å². The number of hydrogen-bond donors (Lipinski definition) is 5. The van der Waals surface area contributed by atoms with Gasteiger partial charge in [-0.2, -0.15) is 4.98 Å². The Kier molecular flexibility index (Phi) is 7.37. The summed E-state index contributed by atoms with van der Waals surface area (Å²) < 4.78 is 1.03. The van der Waals surface area contributed by atoms with Gasteiger partial charge >= 0.3 is 0 Å². The zero-order chi connectivity index (χ0) is 26.3. The number of pyridine rings is 1. The molecule has 0 amide bonds. The molecule has 200 valence electrons. The smallest absolute Gasteiger partial charge is 0.224 e. The Hall–Kier alpha value is -2.40. The highest BCUT2D eigenvalue weighted by Gasteiger charge is 2.50. The highest BCUT2D eigenvalue weighted by Crippen LogP contribution is 2.42. The van der Waals surface area contributed by atoms with Gasteiger partial charge in [-0.1, -0.05) is 20.3 Å². The van der Waals surface area contributed by atoms with Gasteiger partial charge in [0.2, 0.25) is 5.95 Å². The van der Waals surface area contributed by atoms with Crippen LogP contribution in [0.1, 0.15) is 63.8 Å². The Morgan fingerprint density at radius 1 is 1.05 bits per heavy atom. The molecule has 2 aliphatic carbocycles. The summed E-state index contributed by atoms with van der Waals surface area (Å²) in [5.74, 6) is 1.32. The van der Waals surface area contributed by atoms with Crippen LogP contribution in [0.3, 0.4) is 0 Å². The molecule has 10 heteroatoms. The van der Waals surface area contributed by atoms with Crippen LogP contribution < -0.4 is 10.6 Å². The van der Waals surface area contributed by atoms with Gasteiger partial charge in [0.1, 0.15) is 22.4 Å². The first-order valence-corrected chi connectivity index (χ1v) is 14.3. The normalized spacial score (nSPS) is 24.4. The molecule has 0 bridgehead atoms. The van der Waals surface area contributed by atoms with E-state index in [4.69, 9.17) is 15.0 Å². The van der Waals surface area contributed by atoms with Crippen molar-refractivity contribution in [2.24, 2.45) is 11.8 Å². The summed E-state index contributed by atoms with van der Waals surface area (Å²) in [5.41, 5.74) is 2.24. The lowest BCUT2D eigenvalue weighted by Crippen LogP contribution is -2.43. The summed E-state index contributed by atoms with van der Waals surface area (Å²) in [6.45, 7) is 8.56. The van der Waals surface area contributed by atoms with Crippen molar-refractivity contribution in [2.45, 2.75) is 90.1 Å². The van der Waals surface area contributed by atoms with Crippen LogP contribution in [0, 0.1) is 25.7 Å². The molecule has 2 aliphatic rings. The van der Waals surface area contributed by atoms with E-state index in [-0.39, 0.29) is 0 Å². The van der Waals surface area contributed by atoms with Gasteiger partial charge in [0.05, 0.1) is 39.4 Å². The number of aryl methyl sites for hydroxylation is 2. The SMILES string of the molecule is CCC(O)(CC)[C@H]1CC(Nc2nc(NCC3CCC3)nc(C)c2-c2nc3c(C)nccc3s2)[C@H](O)[C@@H]1O. The summed E-state index contributed by atoms with van der Waals surface area (Å²) >= 11 is 1.56. The molecule has 0 spiro atoms. The first-order valence-electron chi connectivity index (χ1n) is 13.4. The van der Waals surface area contributed by atoms with E-state index >= 15 is 0 Å². The van der Waals surface area contributed by atoms with E-state index in [2.05, 4.69) is 15.6 Å². The zero-order valence-corrected chi connectivity index (χ0v) is 22.8. The number of rotatable bonds is 9. The van der Waals surface area contributed by atoms with E-state index in [1.807, 2.05) is 33.8 Å². The molecule has 5 N–H and O–H groups in total. The summed E-state index contributed by atoms with van der Waals surface area (Å²) in [6, 6.07) is 1.48. The third-order valence-corrected chi connectivity index (χ3v) is 9.52. The molecule has 5 rings (SSSR count). The van der Waals surface area contributed by atoms with Crippen LogP contribution in [0.5, 0.6) is 0 Å². The molecule has 3 aromatic rings. The fourth-order valence-electron chi connectivity index (χ4n) is 5.69. The minimum atomic E-state index is -1.04. The minimum absolute atomic E-state index is 0.427. The monoisotopic (exact) mass is 526 g/mol. The van der Waals surface area contributed by atoms with Crippen LogP contribution in [0.25, 0.3) is 20.8 Å². The van der Waals surface area contributed by atoms with E-state index in [1.54, 1.807) is 17.5 Å². The predicted molar refractivity (Wildman–Crippen MR) is 147 cm³/mol. The van der Waals surface area contributed by atoms with E-state index in [1.165, 1.54) is 19.3 Å². The lowest BCUT2D eigenvalue weighted by Gasteiger charge is -2.34. The van der Waals surface area contributed by atoms with Crippen LogP contribution in [-0.4, -0.2) is 65.7 Å². The van der Waals surface area contributed by atoms with E-state index < -0.39 is 29.8 Å². The van der Waals surface area contributed by atoms with Crippen molar-refractivity contribution in [2.75, 3.05) is 17.2 Å². The number of thiazole rings is 1. The second-order valence-electron chi connectivity index (χ2n) is 10.7. The Morgan fingerprint density at radius 3 is 2.46 bits per heavy atom. The lowest BCUT2D eigenvalue weighted by atomic mass is 9.80. The Bertz CT molecular complexity index is 1260. The molecule has 37 heavy (non-hydrogen) atoms. The average Bonchev–Trinajstić information content (AvgIpc) is 3.40. The molecule has 4 atom stereocenters. The molecule has 9 nitrogen and oxygen atoms in total. The van der Waals surface area contributed by atoms with Crippen molar-refractivity contribution in [3.8, 4) is 10.6 Å². The topological polar surface area (TPSA) is 136 Å². The Balaban J connectivity index is 1.51. The fraction of sp³-hybridized carbons (Fsp3) is 0.630. The molecule has 3 aromatic heterocycles. The first-order chi connectivity index (χ1) is 17.7. The standard InChI is InChI=1S/C27H38N6O3S/c1-5-27(36,6-2)17-12-18(23(35)22(17)34)31-24-20(25-32-21-15(4)28-11-10-19(21)37-25)14(3)30-26(33-24)29-13-16-8-7-9-16/h10-11,16-18,22-23,34-36H,5-9,12-13H2,1-4H3,(H2,29,30,31,33)/t17-,18?,22+,23-/m0/s1. The van der Waals surface area contributed by atoms with Crippen LogP contribution >= 0.6 is 11.3 Å². The van der Waals surface area contributed by atoms with E-state index in [9.17, 15) is 15.3 Å². The number of nitrogens with zero attached hydrogens (tertiary/aromatic N) is 4. The maximum atomic E-state index is 11.1. The molecule has 0 aliphatic heterocycles. The number of anilines is 2. The van der Waals surface area contributed by atoms with Crippen molar-refractivity contribution in [1.29, 1.82) is 0 Å². The highest BCUT2D eigenvalue weighted by molar-refractivity contribution is 7.21. The van der Waals surface area contributed by atoms with Crippen molar-refractivity contribution < 1.29 is 15.3 Å². The van der Waals surface area contributed by atoms with Gasteiger partial charge < -0.3 is 26.0 Å². The maximum Gasteiger partial charge on any atom is 0.224 e. The summed E-state index contributed by atoms with van der Waals surface area (Å²) in [6.07, 6.45) is 4.89. The molecule has 0 saturated heterocycles. The average molecular weight is 527 g/mol. The fourth-order valence-corrected chi connectivity index (χ4v) is 6.80. The number of nitrogens with one attached hydrogen (secondary N) is 2. The molecule has 1 unspecified atom stereocenters. The van der Waals surface area contributed by atoms with Gasteiger partial charge in [0.15, 0.2) is 0 Å². The predicted octanol–water partition coefficient (Wildman–Crippen LogP) is 4.05. The van der Waals surface area contributed by atoms with Crippen molar-refractivity contribution in [1.82, 2.24) is 19.9 Å². The number of hydrogen-bond acceptors (Lipinski definition) is 10. The van der Waals surface area contributed by atoms with E-state index in [0.29, 0.717) is 36.9 Å². The summed E-state index contributed by atoms with van der Waals surface area (Å²) in [7, 11) is 0. The number of aromatic nitrogens is 4. The third-order valence-electron chi connectivity index (χ3n) is 8.49. The maximum absolute atomic E-state index is 11.1. The molecular weight excluding hydrogens is 488 g/mol. The molecule has 0 radical (unpaired) electrons. The van der Waals surface area contributed by atoms with Crippen molar-refractivity contribution in [3.63, 3.8) is 0 Å². The van der Waals surface area contributed by atoms with Crippen LogP contribution in [0.15, 0.2) is 12.3 Å². The number of aliphatic hydroxyl groups excluding tert-OH is 2. The molecular formula is C27H38N6O3S. The largest absolute Gasteiger partial charge is 0.390 e. The minimum Gasteiger partial charge on any atom is -0.390 e. The van der Waals surface area contributed by atoms with Crippen LogP contribution in [0.4, 0.5) is 11.8 Å². The van der Waals surface area contributed by atoms with Crippen LogP contribution in [-0.2, 0) is 0 Å². The Morgan fingerprint density at radius 2 is 1.81 bits per heavy atom. The lowest BCUT2D eigenvalue weighted by molar-refractivity contribution is -0.0843. The molecule has 2 saturated carbocycles. The van der Waals surface area contributed by atoms with Crippen molar-refractivity contribution in [3.05, 3.63) is 23.7 Å². The quantitative estimate of drug-likeness (QED) is 0.280. The van der Waals surface area contributed by atoms with Gasteiger partial charge in [-0.3, -0.25) is 4.98 Å². The summed E-state index contributed by atoms with van der Waals surface area (Å²) in [4.78, 5) is 18.9. The van der Waals surface area contributed by atoms with Gasteiger partial charge in [-0.15, -0.1) is 11.3 Å². The first kappa shape index (κ1) is 26.2.